The van der Waals surface area contributed by atoms with Crippen molar-refractivity contribution in [3.63, 3.8) is 0 Å². The molecule has 0 aromatic heterocycles. The van der Waals surface area contributed by atoms with Crippen molar-refractivity contribution >= 4 is 41.7 Å². The van der Waals surface area contributed by atoms with Crippen LogP contribution in [0.2, 0.25) is 5.02 Å². The molecule has 114 valence electrons. The van der Waals surface area contributed by atoms with Gasteiger partial charge in [0, 0.05) is 17.1 Å². The minimum atomic E-state index is -0.467. The number of methoxy groups -OCH3 is 1. The summed E-state index contributed by atoms with van der Waals surface area (Å²) >= 11 is 7.55. The lowest BCUT2D eigenvalue weighted by Gasteiger charge is -2.13. The summed E-state index contributed by atoms with van der Waals surface area (Å²) in [6, 6.07) is 4.84. The van der Waals surface area contributed by atoms with Crippen LogP contribution in [0.1, 0.15) is 12.0 Å². The highest BCUT2D eigenvalue weighted by Gasteiger charge is 2.13. The molecule has 0 aliphatic rings. The van der Waals surface area contributed by atoms with Gasteiger partial charge in [0.1, 0.15) is 5.75 Å². The van der Waals surface area contributed by atoms with Crippen LogP contribution in [-0.4, -0.2) is 31.1 Å². The molecule has 20 heavy (non-hydrogen) atoms. The number of rotatable bonds is 7. The molecule has 0 bridgehead atoms. The van der Waals surface area contributed by atoms with Crippen LogP contribution in [0.5, 0.6) is 5.75 Å². The van der Waals surface area contributed by atoms with Crippen LogP contribution in [0.3, 0.4) is 0 Å². The highest BCUT2D eigenvalue weighted by atomic mass is 35.5. The molecular formula is C13H20Cl2N2O2S. The van der Waals surface area contributed by atoms with E-state index in [1.54, 1.807) is 31.0 Å². The zero-order valence-electron chi connectivity index (χ0n) is 11.5. The largest absolute Gasteiger partial charge is 0.496 e. The topological polar surface area (TPSA) is 64.3 Å². The maximum atomic E-state index is 11.8. The minimum absolute atomic E-state index is 0. The number of nitrogens with two attached hydrogens (primary N) is 1. The van der Waals surface area contributed by atoms with Gasteiger partial charge in [-0.05, 0) is 30.6 Å². The summed E-state index contributed by atoms with van der Waals surface area (Å²) in [4.78, 5) is 11.8. The summed E-state index contributed by atoms with van der Waals surface area (Å²) in [7, 11) is 1.57. The number of hydrogen-bond acceptors (Lipinski definition) is 4. The predicted molar refractivity (Wildman–Crippen MR) is 88.1 cm³/mol. The Bertz CT molecular complexity index is 433. The van der Waals surface area contributed by atoms with Gasteiger partial charge < -0.3 is 15.8 Å². The maximum absolute atomic E-state index is 11.8. The smallest absolute Gasteiger partial charge is 0.237 e. The van der Waals surface area contributed by atoms with Gasteiger partial charge in [-0.25, -0.2) is 0 Å². The average Bonchev–Trinajstić information content (AvgIpc) is 2.42. The molecule has 0 spiro atoms. The number of hydrogen-bond donors (Lipinski definition) is 2. The molecule has 1 rings (SSSR count). The van der Waals surface area contributed by atoms with E-state index in [2.05, 4.69) is 5.32 Å². The molecule has 1 atom stereocenters. The van der Waals surface area contributed by atoms with E-state index in [4.69, 9.17) is 22.1 Å². The van der Waals surface area contributed by atoms with Crippen molar-refractivity contribution in [1.29, 1.82) is 0 Å². The van der Waals surface area contributed by atoms with Gasteiger partial charge >= 0.3 is 0 Å². The van der Waals surface area contributed by atoms with Crippen molar-refractivity contribution in [1.82, 2.24) is 5.32 Å². The highest BCUT2D eigenvalue weighted by Crippen LogP contribution is 2.22. The molecule has 3 N–H and O–H groups in total. The first kappa shape index (κ1) is 19.4. The third kappa shape index (κ3) is 6.22. The Morgan fingerprint density at radius 3 is 2.85 bits per heavy atom. The summed E-state index contributed by atoms with van der Waals surface area (Å²) in [6.45, 7) is 0.381. The number of halogens is 2. The quantitative estimate of drug-likeness (QED) is 0.801. The van der Waals surface area contributed by atoms with Crippen LogP contribution >= 0.6 is 35.8 Å². The lowest BCUT2D eigenvalue weighted by atomic mass is 10.2. The van der Waals surface area contributed by atoms with Gasteiger partial charge in [-0.1, -0.05) is 17.7 Å². The zero-order valence-corrected chi connectivity index (χ0v) is 13.9. The van der Waals surface area contributed by atoms with E-state index in [1.807, 2.05) is 12.3 Å². The van der Waals surface area contributed by atoms with Gasteiger partial charge in [0.2, 0.25) is 5.91 Å². The Labute approximate surface area is 135 Å². The van der Waals surface area contributed by atoms with Crippen molar-refractivity contribution in [2.45, 2.75) is 19.0 Å². The van der Waals surface area contributed by atoms with Crippen molar-refractivity contribution in [2.24, 2.45) is 5.73 Å². The average molecular weight is 339 g/mol. The molecule has 0 saturated carbocycles. The summed E-state index contributed by atoms with van der Waals surface area (Å²) < 4.78 is 5.21. The Hall–Kier alpha value is -0.620. The standard InChI is InChI=1S/C13H19ClN2O2S.ClH/c1-18-12-7-10(14)4-3-9(12)8-16-13(17)11(15)5-6-19-2;/h3-4,7,11H,5-6,8,15H2,1-2H3,(H,16,17);1H/t11-;/m0./s1. The zero-order chi connectivity index (χ0) is 14.3. The summed E-state index contributed by atoms with van der Waals surface area (Å²) in [5.74, 6) is 1.38. The van der Waals surface area contributed by atoms with Crippen molar-refractivity contribution in [3.05, 3.63) is 28.8 Å². The van der Waals surface area contributed by atoms with E-state index in [0.717, 1.165) is 11.3 Å². The second kappa shape index (κ2) is 10.2. The van der Waals surface area contributed by atoms with Gasteiger partial charge in [-0.3, -0.25) is 4.79 Å². The normalized spacial score (nSPS) is 11.4. The molecule has 0 heterocycles. The van der Waals surface area contributed by atoms with Crippen LogP contribution in [0.4, 0.5) is 0 Å². The molecule has 1 aromatic carbocycles. The Balaban J connectivity index is 0.00000361. The van der Waals surface area contributed by atoms with Gasteiger partial charge in [-0.2, -0.15) is 11.8 Å². The molecule has 1 amide bonds. The lowest BCUT2D eigenvalue weighted by molar-refractivity contribution is -0.122. The van der Waals surface area contributed by atoms with Crippen molar-refractivity contribution in [2.75, 3.05) is 19.1 Å². The number of thioether (sulfide) groups is 1. The number of amides is 1. The Kier molecular flexibility index (Phi) is 9.84. The minimum Gasteiger partial charge on any atom is -0.496 e. The monoisotopic (exact) mass is 338 g/mol. The third-order valence-electron chi connectivity index (χ3n) is 2.67. The molecule has 0 unspecified atom stereocenters. The molecule has 7 heteroatoms. The van der Waals surface area contributed by atoms with Gasteiger partial charge in [-0.15, -0.1) is 12.4 Å². The van der Waals surface area contributed by atoms with Crippen LogP contribution in [0, 0.1) is 0 Å². The highest BCUT2D eigenvalue weighted by molar-refractivity contribution is 7.98. The molecule has 0 radical (unpaired) electrons. The Morgan fingerprint density at radius 2 is 2.25 bits per heavy atom. The van der Waals surface area contributed by atoms with Gasteiger partial charge in [0.05, 0.1) is 13.2 Å². The van der Waals surface area contributed by atoms with Gasteiger partial charge in [0.15, 0.2) is 0 Å². The number of ether oxygens (including phenoxy) is 1. The van der Waals surface area contributed by atoms with E-state index in [-0.39, 0.29) is 18.3 Å². The van der Waals surface area contributed by atoms with Crippen LogP contribution < -0.4 is 15.8 Å². The number of carbonyl (C=O) groups excluding carboxylic acids is 1. The van der Waals surface area contributed by atoms with Crippen molar-refractivity contribution < 1.29 is 9.53 Å². The van der Waals surface area contributed by atoms with Crippen molar-refractivity contribution in [3.8, 4) is 5.75 Å². The molecule has 4 nitrogen and oxygen atoms in total. The molecule has 0 aliphatic carbocycles. The first-order valence-corrected chi connectivity index (χ1v) is 7.70. The van der Waals surface area contributed by atoms with E-state index in [9.17, 15) is 4.79 Å². The van der Waals surface area contributed by atoms with E-state index in [1.165, 1.54) is 0 Å². The van der Waals surface area contributed by atoms with E-state index in [0.29, 0.717) is 23.7 Å². The van der Waals surface area contributed by atoms with Crippen LogP contribution in [-0.2, 0) is 11.3 Å². The molecule has 0 fully saturated rings. The maximum Gasteiger partial charge on any atom is 0.237 e. The summed E-state index contributed by atoms with van der Waals surface area (Å²) in [5.41, 5.74) is 6.66. The third-order valence-corrected chi connectivity index (χ3v) is 3.55. The summed E-state index contributed by atoms with van der Waals surface area (Å²) in [6.07, 6.45) is 2.66. The van der Waals surface area contributed by atoms with E-state index < -0.39 is 6.04 Å². The fourth-order valence-corrected chi connectivity index (χ4v) is 2.21. The molecule has 0 saturated heterocycles. The van der Waals surface area contributed by atoms with Crippen LogP contribution in [0.25, 0.3) is 0 Å². The number of carbonyl (C=O) groups is 1. The lowest BCUT2D eigenvalue weighted by Crippen LogP contribution is -2.40. The fraction of sp³-hybridized carbons (Fsp3) is 0.462. The summed E-state index contributed by atoms with van der Waals surface area (Å²) in [5, 5.41) is 3.41. The SMILES string of the molecule is COc1cc(Cl)ccc1CNC(=O)[C@@H](N)CCSC.Cl. The predicted octanol–water partition coefficient (Wildman–Crippen LogP) is 2.47. The second-order valence-corrected chi connectivity index (χ2v) is 5.48. The molecule has 0 aliphatic heterocycles. The molecule has 1 aromatic rings. The Morgan fingerprint density at radius 1 is 1.55 bits per heavy atom. The first-order chi connectivity index (χ1) is 9.08. The van der Waals surface area contributed by atoms with Crippen LogP contribution in [0.15, 0.2) is 18.2 Å². The number of benzene rings is 1. The fourth-order valence-electron chi connectivity index (χ4n) is 1.55. The molecular weight excluding hydrogens is 319 g/mol. The van der Waals surface area contributed by atoms with E-state index >= 15 is 0 Å². The van der Waals surface area contributed by atoms with Gasteiger partial charge in [0.25, 0.3) is 0 Å². The second-order valence-electron chi connectivity index (χ2n) is 4.06. The number of nitrogens with one attached hydrogen (secondary N) is 1. The first-order valence-electron chi connectivity index (χ1n) is 5.93.